The molecule has 0 aromatic carbocycles. The Hall–Kier alpha value is -2.75. The number of nitrogens with zero attached hydrogens (tertiary/aromatic N) is 4. The van der Waals surface area contributed by atoms with Crippen LogP contribution in [0, 0.1) is 0 Å². The minimum absolute atomic E-state index is 0.288. The van der Waals surface area contributed by atoms with Crippen LogP contribution < -0.4 is 5.32 Å². The highest BCUT2D eigenvalue weighted by Crippen LogP contribution is 2.37. The third-order valence-electron chi connectivity index (χ3n) is 5.26. The molecule has 0 saturated heterocycles. The summed E-state index contributed by atoms with van der Waals surface area (Å²) < 4.78 is 7.23. The van der Waals surface area contributed by atoms with Crippen molar-refractivity contribution in [3.8, 4) is 0 Å². The van der Waals surface area contributed by atoms with E-state index in [1.807, 2.05) is 47.8 Å². The van der Waals surface area contributed by atoms with Crippen LogP contribution in [-0.2, 0) is 24.2 Å². The Morgan fingerprint density at radius 1 is 1.32 bits per heavy atom. The molecule has 0 atom stereocenters. The molecule has 0 fully saturated rings. The van der Waals surface area contributed by atoms with Crippen LogP contribution in [0.1, 0.15) is 43.9 Å². The van der Waals surface area contributed by atoms with Gasteiger partial charge in [-0.2, -0.15) is 0 Å². The number of rotatable bonds is 6. The fourth-order valence-electron chi connectivity index (χ4n) is 3.88. The third-order valence-corrected chi connectivity index (χ3v) is 6.40. The minimum Gasteiger partial charge on any atom is -0.462 e. The summed E-state index contributed by atoms with van der Waals surface area (Å²) in [5.74, 6) is -0.707. The van der Waals surface area contributed by atoms with Crippen LogP contribution in [0.5, 0.6) is 0 Å². The van der Waals surface area contributed by atoms with Gasteiger partial charge in [0.2, 0.25) is 0 Å². The van der Waals surface area contributed by atoms with Gasteiger partial charge in [-0.1, -0.05) is 6.07 Å². The standard InChI is InChI=1S/C22H27N5O3S/c1-5-30-22(29)18-14-9-11-26(4)13-16(14)31-21(18)24-20(28)19-15(12-25(2)3)27-10-7-6-8-17(27)23-19/h6-8,10H,5,9,11-13H2,1-4H3,(H,24,28). The van der Waals surface area contributed by atoms with Gasteiger partial charge in [0, 0.05) is 30.7 Å². The molecule has 0 bridgehead atoms. The molecule has 1 N–H and O–H groups in total. The summed E-state index contributed by atoms with van der Waals surface area (Å²) >= 11 is 1.45. The second kappa shape index (κ2) is 8.78. The SMILES string of the molecule is CCOC(=O)c1c(NC(=O)c2nc3ccccn3c2CN(C)C)sc2c1CCN(C)C2. The van der Waals surface area contributed by atoms with Crippen LogP contribution in [0.2, 0.25) is 0 Å². The predicted octanol–water partition coefficient (Wildman–Crippen LogP) is 2.87. The number of likely N-dealkylation sites (N-methyl/N-ethyl adjacent to an activating group) is 1. The van der Waals surface area contributed by atoms with E-state index in [9.17, 15) is 9.59 Å². The monoisotopic (exact) mass is 441 g/mol. The zero-order valence-corrected chi connectivity index (χ0v) is 19.1. The molecule has 0 unspecified atom stereocenters. The van der Waals surface area contributed by atoms with E-state index in [1.165, 1.54) is 11.3 Å². The van der Waals surface area contributed by atoms with Crippen molar-refractivity contribution in [3.63, 3.8) is 0 Å². The van der Waals surface area contributed by atoms with Crippen LogP contribution in [0.15, 0.2) is 24.4 Å². The number of carbonyl (C=O) groups is 2. The maximum atomic E-state index is 13.3. The molecule has 4 heterocycles. The first-order valence-electron chi connectivity index (χ1n) is 10.3. The Kier molecular flexibility index (Phi) is 6.08. The normalized spacial score (nSPS) is 14.1. The average Bonchev–Trinajstić information content (AvgIpc) is 3.25. The molecule has 1 amide bonds. The van der Waals surface area contributed by atoms with Gasteiger partial charge in [-0.15, -0.1) is 11.3 Å². The Labute approximate surface area is 185 Å². The number of pyridine rings is 1. The quantitative estimate of drug-likeness (QED) is 0.593. The zero-order chi connectivity index (χ0) is 22.1. The van der Waals surface area contributed by atoms with E-state index in [0.717, 1.165) is 35.6 Å². The van der Waals surface area contributed by atoms with Crippen LogP contribution in [0.3, 0.4) is 0 Å². The molecule has 164 valence electrons. The Morgan fingerprint density at radius 2 is 2.13 bits per heavy atom. The van der Waals surface area contributed by atoms with E-state index < -0.39 is 0 Å². The summed E-state index contributed by atoms with van der Waals surface area (Å²) in [6.07, 6.45) is 2.66. The molecule has 9 heteroatoms. The largest absolute Gasteiger partial charge is 0.462 e. The van der Waals surface area contributed by atoms with Gasteiger partial charge in [-0.05, 0) is 52.2 Å². The van der Waals surface area contributed by atoms with Crippen LogP contribution >= 0.6 is 11.3 Å². The summed E-state index contributed by atoms with van der Waals surface area (Å²) in [6.45, 7) is 4.25. The first kappa shape index (κ1) is 21.5. The van der Waals surface area contributed by atoms with E-state index in [4.69, 9.17) is 4.74 Å². The van der Waals surface area contributed by atoms with Crippen molar-refractivity contribution in [2.24, 2.45) is 0 Å². The van der Waals surface area contributed by atoms with Crippen LogP contribution in [-0.4, -0.2) is 65.4 Å². The molecular formula is C22H27N5O3S. The highest BCUT2D eigenvalue weighted by molar-refractivity contribution is 7.17. The van der Waals surface area contributed by atoms with Gasteiger partial charge in [0.1, 0.15) is 10.6 Å². The van der Waals surface area contributed by atoms with Crippen molar-refractivity contribution in [1.82, 2.24) is 19.2 Å². The van der Waals surface area contributed by atoms with Gasteiger partial charge in [-0.25, -0.2) is 9.78 Å². The number of hydrogen-bond acceptors (Lipinski definition) is 7. The summed E-state index contributed by atoms with van der Waals surface area (Å²) in [4.78, 5) is 35.9. The average molecular weight is 442 g/mol. The van der Waals surface area contributed by atoms with Crippen molar-refractivity contribution in [2.45, 2.75) is 26.4 Å². The van der Waals surface area contributed by atoms with Gasteiger partial charge >= 0.3 is 5.97 Å². The van der Waals surface area contributed by atoms with Gasteiger partial charge in [0.15, 0.2) is 5.69 Å². The second-order valence-electron chi connectivity index (χ2n) is 7.94. The molecule has 3 aromatic heterocycles. The van der Waals surface area contributed by atoms with Crippen LogP contribution in [0.4, 0.5) is 5.00 Å². The summed E-state index contributed by atoms with van der Waals surface area (Å²) in [7, 11) is 5.95. The molecule has 1 aliphatic rings. The number of carbonyl (C=O) groups excluding carboxylic acids is 2. The zero-order valence-electron chi connectivity index (χ0n) is 18.3. The fourth-order valence-corrected chi connectivity index (χ4v) is 5.19. The fraction of sp³-hybridized carbons (Fsp3) is 0.409. The van der Waals surface area contributed by atoms with E-state index in [1.54, 1.807) is 6.92 Å². The number of ether oxygens (including phenoxy) is 1. The number of amides is 1. The number of imidazole rings is 1. The number of hydrogen-bond donors (Lipinski definition) is 1. The van der Waals surface area contributed by atoms with Crippen molar-refractivity contribution < 1.29 is 14.3 Å². The third kappa shape index (κ3) is 4.21. The number of esters is 1. The molecule has 31 heavy (non-hydrogen) atoms. The van der Waals surface area contributed by atoms with E-state index in [0.29, 0.717) is 28.5 Å². The molecule has 1 aliphatic heterocycles. The lowest BCUT2D eigenvalue weighted by Crippen LogP contribution is -2.26. The van der Waals surface area contributed by atoms with E-state index in [2.05, 4.69) is 22.2 Å². The van der Waals surface area contributed by atoms with Crippen molar-refractivity contribution in [2.75, 3.05) is 39.6 Å². The summed E-state index contributed by atoms with van der Waals surface area (Å²) in [6, 6.07) is 5.68. The van der Waals surface area contributed by atoms with Gasteiger partial charge in [0.05, 0.1) is 17.9 Å². The van der Waals surface area contributed by atoms with Gasteiger partial charge in [0.25, 0.3) is 5.91 Å². The number of thiophene rings is 1. The topological polar surface area (TPSA) is 79.2 Å². The van der Waals surface area contributed by atoms with Gasteiger partial charge in [-0.3, -0.25) is 4.79 Å². The molecule has 8 nitrogen and oxygen atoms in total. The molecule has 0 aliphatic carbocycles. The Balaban J connectivity index is 1.73. The number of anilines is 1. The Morgan fingerprint density at radius 3 is 2.87 bits per heavy atom. The first-order chi connectivity index (χ1) is 14.9. The van der Waals surface area contributed by atoms with E-state index >= 15 is 0 Å². The molecule has 0 radical (unpaired) electrons. The summed E-state index contributed by atoms with van der Waals surface area (Å²) in [5, 5.41) is 3.52. The lowest BCUT2D eigenvalue weighted by Gasteiger charge is -2.22. The van der Waals surface area contributed by atoms with Crippen molar-refractivity contribution in [1.29, 1.82) is 0 Å². The smallest absolute Gasteiger partial charge is 0.341 e. The first-order valence-corrected chi connectivity index (χ1v) is 11.1. The number of aromatic nitrogens is 2. The molecule has 4 rings (SSSR count). The predicted molar refractivity (Wildman–Crippen MR) is 121 cm³/mol. The highest BCUT2D eigenvalue weighted by Gasteiger charge is 2.30. The van der Waals surface area contributed by atoms with Crippen LogP contribution in [0.25, 0.3) is 5.65 Å². The highest BCUT2D eigenvalue weighted by atomic mass is 32.1. The van der Waals surface area contributed by atoms with Crippen molar-refractivity contribution >= 4 is 33.9 Å². The lowest BCUT2D eigenvalue weighted by molar-refractivity contribution is 0.0526. The summed E-state index contributed by atoms with van der Waals surface area (Å²) in [5.41, 5.74) is 3.35. The van der Waals surface area contributed by atoms with Gasteiger partial charge < -0.3 is 24.3 Å². The minimum atomic E-state index is -0.386. The van der Waals surface area contributed by atoms with Crippen molar-refractivity contribution in [3.05, 3.63) is 51.8 Å². The molecular weight excluding hydrogens is 414 g/mol. The lowest BCUT2D eigenvalue weighted by atomic mass is 10.0. The number of nitrogens with one attached hydrogen (secondary N) is 1. The maximum absolute atomic E-state index is 13.3. The molecule has 0 spiro atoms. The van der Waals surface area contributed by atoms with E-state index in [-0.39, 0.29) is 18.5 Å². The molecule has 3 aromatic rings. The molecule has 0 saturated carbocycles. The number of fused-ring (bicyclic) bond motifs is 2. The Bertz CT molecular complexity index is 1130. The second-order valence-corrected chi connectivity index (χ2v) is 9.05. The maximum Gasteiger partial charge on any atom is 0.341 e.